The Morgan fingerprint density at radius 2 is 2.07 bits per heavy atom. The molecule has 7 heteroatoms. The summed E-state index contributed by atoms with van der Waals surface area (Å²) in [6.45, 7) is 4.92. The van der Waals surface area contributed by atoms with Crippen LogP contribution in [0.2, 0.25) is 0 Å². The molecule has 4 rings (SSSR count). The Bertz CT molecular complexity index is 1040. The number of ether oxygens (including phenoxy) is 1. The SMILES string of the molecule is CC(=O)c1ccc(OCCCN2CCC(c3nsc4cc(F)ccc34)CC2)c(O)c1. The number of Topliss-reactive ketones (excluding diaryl/α,β-unsaturated/α-hetero) is 1. The van der Waals surface area contributed by atoms with Gasteiger partial charge < -0.3 is 14.7 Å². The van der Waals surface area contributed by atoms with Crippen LogP contribution in [0.4, 0.5) is 4.39 Å². The first-order valence-electron chi connectivity index (χ1n) is 10.2. The molecule has 1 N–H and O–H groups in total. The molecule has 0 radical (unpaired) electrons. The van der Waals surface area contributed by atoms with Crippen LogP contribution in [-0.2, 0) is 0 Å². The van der Waals surface area contributed by atoms with Gasteiger partial charge in [-0.3, -0.25) is 4.79 Å². The van der Waals surface area contributed by atoms with E-state index >= 15 is 0 Å². The number of hydrogen-bond acceptors (Lipinski definition) is 6. The molecule has 0 bridgehead atoms. The van der Waals surface area contributed by atoms with E-state index in [0.29, 0.717) is 23.8 Å². The zero-order chi connectivity index (χ0) is 21.1. The molecule has 0 amide bonds. The predicted octanol–water partition coefficient (Wildman–Crippen LogP) is 4.99. The summed E-state index contributed by atoms with van der Waals surface area (Å²) in [5, 5.41) is 11.1. The van der Waals surface area contributed by atoms with Crippen molar-refractivity contribution in [3.63, 3.8) is 0 Å². The predicted molar refractivity (Wildman–Crippen MR) is 116 cm³/mol. The number of hydrogen-bond donors (Lipinski definition) is 1. The molecule has 0 saturated carbocycles. The summed E-state index contributed by atoms with van der Waals surface area (Å²) in [5.74, 6) is 0.536. The van der Waals surface area contributed by atoms with Crippen LogP contribution in [0, 0.1) is 5.82 Å². The maximum Gasteiger partial charge on any atom is 0.160 e. The Hall–Kier alpha value is -2.51. The summed E-state index contributed by atoms with van der Waals surface area (Å²) >= 11 is 1.38. The molecular formula is C23H25FN2O3S. The van der Waals surface area contributed by atoms with E-state index in [0.717, 1.165) is 54.7 Å². The van der Waals surface area contributed by atoms with E-state index in [1.807, 2.05) is 6.07 Å². The second kappa shape index (κ2) is 9.10. The lowest BCUT2D eigenvalue weighted by molar-refractivity contribution is 0.101. The van der Waals surface area contributed by atoms with Crippen molar-refractivity contribution in [3.05, 3.63) is 53.5 Å². The van der Waals surface area contributed by atoms with Gasteiger partial charge in [0.1, 0.15) is 5.82 Å². The molecule has 1 saturated heterocycles. The lowest BCUT2D eigenvalue weighted by Gasteiger charge is -2.31. The Balaban J connectivity index is 1.23. The molecule has 0 atom stereocenters. The third-order valence-corrected chi connectivity index (χ3v) is 6.50. The highest BCUT2D eigenvalue weighted by molar-refractivity contribution is 7.13. The first-order chi connectivity index (χ1) is 14.5. The van der Waals surface area contributed by atoms with Gasteiger partial charge in [-0.05, 0) is 87.2 Å². The van der Waals surface area contributed by atoms with E-state index in [2.05, 4.69) is 9.27 Å². The summed E-state index contributed by atoms with van der Waals surface area (Å²) in [7, 11) is 0. The van der Waals surface area contributed by atoms with Gasteiger partial charge >= 0.3 is 0 Å². The molecule has 5 nitrogen and oxygen atoms in total. The highest BCUT2D eigenvalue weighted by Crippen LogP contribution is 2.34. The number of aromatic nitrogens is 1. The van der Waals surface area contributed by atoms with E-state index in [1.54, 1.807) is 18.2 Å². The summed E-state index contributed by atoms with van der Waals surface area (Å²) < 4.78 is 24.6. The number of rotatable bonds is 7. The van der Waals surface area contributed by atoms with E-state index in [4.69, 9.17) is 4.74 Å². The lowest BCUT2D eigenvalue weighted by atomic mass is 9.91. The van der Waals surface area contributed by atoms with Crippen LogP contribution < -0.4 is 4.74 Å². The van der Waals surface area contributed by atoms with Crippen molar-refractivity contribution >= 4 is 27.4 Å². The number of aromatic hydroxyl groups is 1. The van der Waals surface area contributed by atoms with Crippen LogP contribution >= 0.6 is 11.5 Å². The minimum atomic E-state index is -0.210. The van der Waals surface area contributed by atoms with Crippen LogP contribution in [0.5, 0.6) is 11.5 Å². The standard InChI is InChI=1S/C23H25FN2O3S/c1-15(27)17-3-6-21(20(28)13-17)29-12-2-9-26-10-7-16(8-11-26)23-19-5-4-18(24)14-22(19)30-25-23/h3-6,13-14,16,28H,2,7-12H2,1H3. The van der Waals surface area contributed by atoms with Crippen LogP contribution in [0.25, 0.3) is 10.1 Å². The molecule has 1 fully saturated rings. The fourth-order valence-electron chi connectivity index (χ4n) is 3.98. The molecule has 1 aliphatic rings. The highest BCUT2D eigenvalue weighted by Gasteiger charge is 2.24. The average molecular weight is 429 g/mol. The zero-order valence-corrected chi connectivity index (χ0v) is 17.8. The van der Waals surface area contributed by atoms with Gasteiger partial charge in [0.05, 0.1) is 17.0 Å². The number of carbonyl (C=O) groups is 1. The van der Waals surface area contributed by atoms with Crippen molar-refractivity contribution < 1.29 is 19.0 Å². The van der Waals surface area contributed by atoms with Gasteiger partial charge in [-0.25, -0.2) is 4.39 Å². The molecule has 1 aliphatic heterocycles. The molecular weight excluding hydrogens is 403 g/mol. The first kappa shape index (κ1) is 20.8. The Kier molecular flexibility index (Phi) is 6.29. The van der Waals surface area contributed by atoms with Crippen LogP contribution in [0.15, 0.2) is 36.4 Å². The second-order valence-electron chi connectivity index (χ2n) is 7.76. The zero-order valence-electron chi connectivity index (χ0n) is 16.9. The van der Waals surface area contributed by atoms with Gasteiger partial charge in [-0.15, -0.1) is 0 Å². The average Bonchev–Trinajstić information content (AvgIpc) is 3.15. The van der Waals surface area contributed by atoms with Crippen LogP contribution in [0.1, 0.15) is 48.2 Å². The number of benzene rings is 2. The van der Waals surface area contributed by atoms with E-state index < -0.39 is 0 Å². The van der Waals surface area contributed by atoms with Gasteiger partial charge in [-0.2, -0.15) is 4.37 Å². The Labute approximate surface area is 179 Å². The van der Waals surface area contributed by atoms with Crippen molar-refractivity contribution in [1.82, 2.24) is 9.27 Å². The number of halogens is 1. The quantitative estimate of drug-likeness (QED) is 0.424. The van der Waals surface area contributed by atoms with E-state index in [9.17, 15) is 14.3 Å². The van der Waals surface area contributed by atoms with Gasteiger partial charge in [0.2, 0.25) is 0 Å². The smallest absolute Gasteiger partial charge is 0.160 e. The number of ketones is 1. The summed E-state index contributed by atoms with van der Waals surface area (Å²) in [6, 6.07) is 9.68. The van der Waals surface area contributed by atoms with Gasteiger partial charge in [0.15, 0.2) is 17.3 Å². The summed E-state index contributed by atoms with van der Waals surface area (Å²) in [6.07, 6.45) is 2.95. The van der Waals surface area contributed by atoms with Crippen molar-refractivity contribution in [3.8, 4) is 11.5 Å². The molecule has 30 heavy (non-hydrogen) atoms. The minimum absolute atomic E-state index is 0.00103. The number of likely N-dealkylation sites (tertiary alicyclic amines) is 1. The number of phenols is 1. The minimum Gasteiger partial charge on any atom is -0.504 e. The number of fused-ring (bicyclic) bond motifs is 1. The van der Waals surface area contributed by atoms with Gasteiger partial charge in [0.25, 0.3) is 0 Å². The number of nitrogens with zero attached hydrogens (tertiary/aromatic N) is 2. The fourth-order valence-corrected chi connectivity index (χ4v) is 4.86. The van der Waals surface area contributed by atoms with Crippen molar-refractivity contribution in [2.75, 3.05) is 26.2 Å². The number of carbonyl (C=O) groups excluding carboxylic acids is 1. The van der Waals surface area contributed by atoms with Crippen LogP contribution in [0.3, 0.4) is 0 Å². The highest BCUT2D eigenvalue weighted by atomic mass is 32.1. The summed E-state index contributed by atoms with van der Waals surface area (Å²) in [4.78, 5) is 13.8. The monoisotopic (exact) mass is 428 g/mol. The summed E-state index contributed by atoms with van der Waals surface area (Å²) in [5.41, 5.74) is 1.59. The first-order valence-corrected chi connectivity index (χ1v) is 11.0. The van der Waals surface area contributed by atoms with E-state index in [1.165, 1.54) is 30.6 Å². The number of piperidine rings is 1. The van der Waals surface area contributed by atoms with Gasteiger partial charge in [-0.1, -0.05) is 0 Å². The molecule has 0 spiro atoms. The molecule has 2 heterocycles. The third kappa shape index (κ3) is 4.63. The topological polar surface area (TPSA) is 62.7 Å². The van der Waals surface area contributed by atoms with Gasteiger partial charge in [0, 0.05) is 23.4 Å². The fraction of sp³-hybridized carbons (Fsp3) is 0.391. The molecule has 1 aromatic heterocycles. The molecule has 0 aliphatic carbocycles. The molecule has 2 aromatic carbocycles. The maximum absolute atomic E-state index is 13.4. The third-order valence-electron chi connectivity index (χ3n) is 5.68. The second-order valence-corrected chi connectivity index (χ2v) is 8.57. The molecule has 0 unspecified atom stereocenters. The molecule has 3 aromatic rings. The largest absolute Gasteiger partial charge is 0.504 e. The normalized spacial score (nSPS) is 15.5. The maximum atomic E-state index is 13.4. The van der Waals surface area contributed by atoms with Crippen molar-refractivity contribution in [2.45, 2.75) is 32.1 Å². The molecule has 158 valence electrons. The van der Waals surface area contributed by atoms with Crippen molar-refractivity contribution in [2.24, 2.45) is 0 Å². The van der Waals surface area contributed by atoms with E-state index in [-0.39, 0.29) is 17.3 Å². The van der Waals surface area contributed by atoms with Crippen LogP contribution in [-0.4, -0.2) is 46.4 Å². The Morgan fingerprint density at radius 3 is 2.80 bits per heavy atom. The Morgan fingerprint density at radius 1 is 1.27 bits per heavy atom. The van der Waals surface area contributed by atoms with Crippen molar-refractivity contribution in [1.29, 1.82) is 0 Å². The number of phenolic OH excluding ortho intramolecular Hbond substituents is 1. The lowest BCUT2D eigenvalue weighted by Crippen LogP contribution is -2.34.